The molecule has 0 spiro atoms. The second-order valence-corrected chi connectivity index (χ2v) is 6.44. The van der Waals surface area contributed by atoms with Gasteiger partial charge in [-0.05, 0) is 31.2 Å². The van der Waals surface area contributed by atoms with Gasteiger partial charge in [-0.15, -0.1) is 0 Å². The van der Waals surface area contributed by atoms with Crippen molar-refractivity contribution in [3.05, 3.63) is 23.8 Å². The van der Waals surface area contributed by atoms with E-state index in [1.54, 1.807) is 0 Å². The van der Waals surface area contributed by atoms with Gasteiger partial charge in [-0.1, -0.05) is 0 Å². The van der Waals surface area contributed by atoms with Crippen LogP contribution in [0.4, 0.5) is 11.4 Å². The summed E-state index contributed by atoms with van der Waals surface area (Å²) in [4.78, 5) is 57.6. The van der Waals surface area contributed by atoms with E-state index in [1.807, 2.05) is 5.32 Å². The number of nitrogens with two attached hydrogens (primary N) is 2. The minimum Gasteiger partial charge on any atom is -0.480 e. The molecule has 0 aliphatic rings. The molecule has 11 N–H and O–H groups in total. The third kappa shape index (κ3) is 9.53. The first-order valence-corrected chi connectivity index (χ1v) is 9.39. The van der Waals surface area contributed by atoms with E-state index in [2.05, 4.69) is 21.3 Å². The van der Waals surface area contributed by atoms with Gasteiger partial charge in [-0.25, -0.2) is 4.79 Å². The van der Waals surface area contributed by atoms with Crippen LogP contribution in [-0.4, -0.2) is 66.8 Å². The van der Waals surface area contributed by atoms with Gasteiger partial charge < -0.3 is 43.2 Å². The van der Waals surface area contributed by atoms with E-state index >= 15 is 0 Å². The Morgan fingerprint density at radius 3 is 2.28 bits per heavy atom. The summed E-state index contributed by atoms with van der Waals surface area (Å²) in [7, 11) is 0. The van der Waals surface area contributed by atoms with Crippen LogP contribution in [0.15, 0.2) is 18.2 Å². The Hall–Kier alpha value is -4.20. The summed E-state index contributed by atoms with van der Waals surface area (Å²) in [6.45, 7) is -0.512. The molecule has 0 saturated heterocycles. The molecule has 0 bridgehead atoms. The number of hydrogen-bond donors (Lipinski definition) is 9. The minimum atomic E-state index is -1.34. The molecule has 0 heterocycles. The Labute approximate surface area is 183 Å². The number of carboxylic acid groups (broad SMARTS) is 1. The highest BCUT2D eigenvalue weighted by molar-refractivity contribution is 6.01. The summed E-state index contributed by atoms with van der Waals surface area (Å²) in [5.41, 5.74) is 11.3. The first-order valence-electron chi connectivity index (χ1n) is 9.39. The lowest BCUT2D eigenvalue weighted by Gasteiger charge is -2.13. The molecule has 0 fully saturated rings. The number of aliphatic carboxylic acids is 1. The summed E-state index contributed by atoms with van der Waals surface area (Å²) in [5, 5.41) is 28.0. The smallest absolute Gasteiger partial charge is 0.328 e. The molecule has 0 unspecified atom stereocenters. The molecular formula is C18H26N8O6. The molecule has 1 aromatic rings. The molecule has 1 aromatic carbocycles. The number of carbonyl (C=O) groups is 5. The highest BCUT2D eigenvalue weighted by Crippen LogP contribution is 2.19. The van der Waals surface area contributed by atoms with Gasteiger partial charge in [0.1, 0.15) is 6.04 Å². The average Bonchev–Trinajstić information content (AvgIpc) is 2.72. The number of anilines is 2. The summed E-state index contributed by atoms with van der Waals surface area (Å²) >= 11 is 0. The van der Waals surface area contributed by atoms with E-state index in [-0.39, 0.29) is 48.2 Å². The Morgan fingerprint density at radius 2 is 1.72 bits per heavy atom. The molecule has 14 heteroatoms. The lowest BCUT2D eigenvalue weighted by molar-refractivity contribution is -0.140. The van der Waals surface area contributed by atoms with E-state index in [4.69, 9.17) is 22.0 Å². The monoisotopic (exact) mass is 450 g/mol. The predicted molar refractivity (Wildman–Crippen MR) is 115 cm³/mol. The van der Waals surface area contributed by atoms with Gasteiger partial charge in [0.15, 0.2) is 5.96 Å². The molecule has 0 aromatic heterocycles. The van der Waals surface area contributed by atoms with Gasteiger partial charge >= 0.3 is 5.97 Å². The highest BCUT2D eigenvalue weighted by Gasteiger charge is 2.18. The zero-order valence-corrected chi connectivity index (χ0v) is 17.1. The van der Waals surface area contributed by atoms with Gasteiger partial charge in [-0.2, -0.15) is 0 Å². The van der Waals surface area contributed by atoms with E-state index in [0.29, 0.717) is 13.0 Å². The molecule has 1 rings (SSSR count). The van der Waals surface area contributed by atoms with E-state index in [9.17, 15) is 24.0 Å². The standard InChI is InChI=1S/C18H26N8O6/c19-3-1-2-14(28)25-11-4-10(5-12(6-11)26-18(20)21)16(30)23-8-15(29)22-7-13(17(31)32)24-9-27/h4-6,9,13H,1-3,7-8,19H2,(H,22,29)(H,23,30)(H,24,27)(H,25,28)(H,31,32)(H4,20,21,26)/t13-/m0/s1. The Bertz CT molecular complexity index is 875. The van der Waals surface area contributed by atoms with Gasteiger partial charge in [0, 0.05) is 29.9 Å². The van der Waals surface area contributed by atoms with E-state index in [1.165, 1.54) is 18.2 Å². The maximum Gasteiger partial charge on any atom is 0.328 e. The fraction of sp³-hybridized carbons (Fsp3) is 0.333. The van der Waals surface area contributed by atoms with Crippen LogP contribution in [0.25, 0.3) is 0 Å². The van der Waals surface area contributed by atoms with Crippen LogP contribution in [0.1, 0.15) is 23.2 Å². The Kier molecular flexibility index (Phi) is 10.6. The van der Waals surface area contributed by atoms with Crippen molar-refractivity contribution in [2.24, 2.45) is 11.5 Å². The number of nitrogens with one attached hydrogen (secondary N) is 6. The van der Waals surface area contributed by atoms with Crippen LogP contribution in [0, 0.1) is 5.41 Å². The van der Waals surface area contributed by atoms with Crippen LogP contribution < -0.4 is 38.1 Å². The number of hydrogen-bond acceptors (Lipinski definition) is 7. The quantitative estimate of drug-likeness (QED) is 0.0891. The van der Waals surface area contributed by atoms with Crippen molar-refractivity contribution in [1.82, 2.24) is 16.0 Å². The van der Waals surface area contributed by atoms with Crippen LogP contribution in [0.2, 0.25) is 0 Å². The zero-order chi connectivity index (χ0) is 24.1. The normalized spacial score (nSPS) is 10.9. The fourth-order valence-electron chi connectivity index (χ4n) is 2.39. The fourth-order valence-corrected chi connectivity index (χ4v) is 2.39. The van der Waals surface area contributed by atoms with Gasteiger partial charge in [0.05, 0.1) is 6.54 Å². The van der Waals surface area contributed by atoms with Gasteiger partial charge in [0.25, 0.3) is 5.91 Å². The summed E-state index contributed by atoms with van der Waals surface area (Å²) in [6.07, 6.45) is 0.852. The van der Waals surface area contributed by atoms with Gasteiger partial charge in [-0.3, -0.25) is 24.6 Å². The van der Waals surface area contributed by atoms with Crippen molar-refractivity contribution in [3.8, 4) is 0 Å². The molecule has 0 aliphatic carbocycles. The first kappa shape index (κ1) is 25.8. The third-order valence-corrected chi connectivity index (χ3v) is 3.85. The number of amides is 4. The van der Waals surface area contributed by atoms with Crippen molar-refractivity contribution in [2.75, 3.05) is 30.3 Å². The molecular weight excluding hydrogens is 424 g/mol. The van der Waals surface area contributed by atoms with Crippen LogP contribution >= 0.6 is 0 Å². The highest BCUT2D eigenvalue weighted by atomic mass is 16.4. The number of guanidine groups is 1. The van der Waals surface area contributed by atoms with Crippen LogP contribution in [-0.2, 0) is 19.2 Å². The number of carboxylic acids is 1. The summed E-state index contributed by atoms with van der Waals surface area (Å²) < 4.78 is 0. The van der Waals surface area contributed by atoms with Crippen molar-refractivity contribution in [2.45, 2.75) is 18.9 Å². The summed E-state index contributed by atoms with van der Waals surface area (Å²) in [5.74, 6) is -3.41. The Balaban J connectivity index is 2.80. The van der Waals surface area contributed by atoms with Crippen LogP contribution in [0.3, 0.4) is 0 Å². The lowest BCUT2D eigenvalue weighted by atomic mass is 10.1. The molecule has 0 radical (unpaired) electrons. The Morgan fingerprint density at radius 1 is 1.06 bits per heavy atom. The largest absolute Gasteiger partial charge is 0.480 e. The molecule has 1 atom stereocenters. The maximum atomic E-state index is 12.5. The zero-order valence-electron chi connectivity index (χ0n) is 17.1. The topological polar surface area (TPSA) is 242 Å². The van der Waals surface area contributed by atoms with Crippen molar-refractivity contribution in [3.63, 3.8) is 0 Å². The lowest BCUT2D eigenvalue weighted by Crippen LogP contribution is -2.47. The SMILES string of the molecule is N=C(N)Nc1cc(NC(=O)CCCN)cc(C(=O)NCC(=O)NC[C@H](NC=O)C(=O)O)c1. The second kappa shape index (κ2) is 13.2. The van der Waals surface area contributed by atoms with Crippen molar-refractivity contribution < 1.29 is 29.1 Å². The summed E-state index contributed by atoms with van der Waals surface area (Å²) in [6, 6.07) is 2.88. The van der Waals surface area contributed by atoms with Crippen molar-refractivity contribution >= 4 is 47.4 Å². The molecule has 14 nitrogen and oxygen atoms in total. The number of carbonyl (C=O) groups excluding carboxylic acids is 4. The average molecular weight is 450 g/mol. The molecule has 0 saturated carbocycles. The first-order chi connectivity index (χ1) is 15.2. The number of rotatable bonds is 13. The second-order valence-electron chi connectivity index (χ2n) is 6.44. The maximum absolute atomic E-state index is 12.5. The van der Waals surface area contributed by atoms with Crippen molar-refractivity contribution in [1.29, 1.82) is 5.41 Å². The molecule has 4 amide bonds. The number of benzene rings is 1. The molecule has 0 aliphatic heterocycles. The third-order valence-electron chi connectivity index (χ3n) is 3.85. The van der Waals surface area contributed by atoms with Crippen LogP contribution in [0.5, 0.6) is 0 Å². The molecule has 174 valence electrons. The molecule has 32 heavy (non-hydrogen) atoms. The van der Waals surface area contributed by atoms with E-state index in [0.717, 1.165) is 0 Å². The minimum absolute atomic E-state index is 0.0595. The van der Waals surface area contributed by atoms with Gasteiger partial charge in [0.2, 0.25) is 18.2 Å². The van der Waals surface area contributed by atoms with E-state index < -0.39 is 30.4 Å². The predicted octanol–water partition coefficient (Wildman–Crippen LogP) is -2.29.